The van der Waals surface area contributed by atoms with Crippen LogP contribution in [0.2, 0.25) is 0 Å². The third-order valence-corrected chi connectivity index (χ3v) is 4.50. The van der Waals surface area contributed by atoms with Crippen LogP contribution in [0.3, 0.4) is 0 Å². The fourth-order valence-corrected chi connectivity index (χ4v) is 3.43. The molecule has 1 aromatic heterocycles. The van der Waals surface area contributed by atoms with Crippen molar-refractivity contribution >= 4 is 16.8 Å². The van der Waals surface area contributed by atoms with Gasteiger partial charge in [0.25, 0.3) is 5.91 Å². The van der Waals surface area contributed by atoms with Crippen molar-refractivity contribution in [1.82, 2.24) is 15.2 Å². The number of H-pyrrole nitrogens is 1. The molecule has 2 atom stereocenters. The third-order valence-electron chi connectivity index (χ3n) is 4.50. The van der Waals surface area contributed by atoms with E-state index in [4.69, 9.17) is 4.74 Å². The maximum Gasteiger partial charge on any atom is 0.251 e. The van der Waals surface area contributed by atoms with Gasteiger partial charge in [0.1, 0.15) is 0 Å². The molecule has 0 unspecified atom stereocenters. The largest absolute Gasteiger partial charge is 0.373 e. The molecule has 2 aromatic rings. The van der Waals surface area contributed by atoms with E-state index in [9.17, 15) is 4.79 Å². The fraction of sp³-hybridized carbons (Fsp3) is 0.526. The Morgan fingerprint density at radius 3 is 2.83 bits per heavy atom. The number of rotatable bonds is 6. The average Bonchev–Trinajstić information content (AvgIpc) is 3.01. The number of nitrogens with one attached hydrogen (secondary N) is 2. The van der Waals surface area contributed by atoms with Gasteiger partial charge in [-0.15, -0.1) is 0 Å². The molecule has 5 heteroatoms. The molecule has 2 N–H and O–H groups in total. The zero-order chi connectivity index (χ0) is 16.9. The van der Waals surface area contributed by atoms with E-state index >= 15 is 0 Å². The molecule has 1 aromatic carbocycles. The van der Waals surface area contributed by atoms with E-state index in [0.29, 0.717) is 12.2 Å². The number of ether oxygens (including phenoxy) is 1. The molecule has 0 aliphatic carbocycles. The van der Waals surface area contributed by atoms with Crippen LogP contribution in [0.1, 0.15) is 37.0 Å². The van der Waals surface area contributed by atoms with Crippen LogP contribution in [0.25, 0.3) is 10.9 Å². The van der Waals surface area contributed by atoms with Gasteiger partial charge in [0.2, 0.25) is 0 Å². The molecule has 5 nitrogen and oxygen atoms in total. The minimum atomic E-state index is 0.00622. The third kappa shape index (κ3) is 4.36. The molecular weight excluding hydrogens is 302 g/mol. The van der Waals surface area contributed by atoms with Crippen molar-refractivity contribution < 1.29 is 9.53 Å². The number of carbonyl (C=O) groups excluding carboxylic acids is 1. The highest BCUT2D eigenvalue weighted by molar-refractivity contribution is 5.98. The summed E-state index contributed by atoms with van der Waals surface area (Å²) in [5.74, 6) is 0.00622. The Balaban J connectivity index is 1.37. The van der Waals surface area contributed by atoms with Crippen LogP contribution in [-0.2, 0) is 4.74 Å². The van der Waals surface area contributed by atoms with Crippen molar-refractivity contribution in [3.05, 3.63) is 36.0 Å². The van der Waals surface area contributed by atoms with E-state index in [2.05, 4.69) is 29.0 Å². The molecule has 1 saturated heterocycles. The topological polar surface area (TPSA) is 57.4 Å². The lowest BCUT2D eigenvalue weighted by Gasteiger charge is -2.35. The first-order valence-corrected chi connectivity index (χ1v) is 8.85. The lowest BCUT2D eigenvalue weighted by Crippen LogP contribution is -2.45. The molecule has 2 heterocycles. The smallest absolute Gasteiger partial charge is 0.251 e. The Labute approximate surface area is 143 Å². The molecular formula is C19H27N3O2. The molecule has 0 spiro atoms. The number of amides is 1. The summed E-state index contributed by atoms with van der Waals surface area (Å²) in [5, 5.41) is 4.09. The van der Waals surface area contributed by atoms with Crippen molar-refractivity contribution in [1.29, 1.82) is 0 Å². The fourth-order valence-electron chi connectivity index (χ4n) is 3.43. The van der Waals surface area contributed by atoms with Crippen LogP contribution in [0.5, 0.6) is 0 Å². The molecule has 0 radical (unpaired) electrons. The lowest BCUT2D eigenvalue weighted by molar-refractivity contribution is -0.0681. The Morgan fingerprint density at radius 2 is 2.04 bits per heavy atom. The van der Waals surface area contributed by atoms with Gasteiger partial charge in [0, 0.05) is 42.3 Å². The van der Waals surface area contributed by atoms with E-state index in [1.807, 2.05) is 30.5 Å². The van der Waals surface area contributed by atoms with Crippen molar-refractivity contribution in [2.75, 3.05) is 26.2 Å². The normalized spacial score (nSPS) is 21.9. The quantitative estimate of drug-likeness (QED) is 0.801. The summed E-state index contributed by atoms with van der Waals surface area (Å²) in [6.07, 6.45) is 4.61. The number of hydrogen-bond acceptors (Lipinski definition) is 3. The van der Waals surface area contributed by atoms with E-state index in [0.717, 1.165) is 55.5 Å². The van der Waals surface area contributed by atoms with Gasteiger partial charge in [-0.05, 0) is 57.5 Å². The Bertz CT molecular complexity index is 672. The van der Waals surface area contributed by atoms with Crippen LogP contribution in [0.4, 0.5) is 0 Å². The molecule has 24 heavy (non-hydrogen) atoms. The number of nitrogens with zero attached hydrogens (tertiary/aromatic N) is 1. The number of aromatic amines is 1. The molecule has 1 aliphatic rings. The van der Waals surface area contributed by atoms with E-state index in [1.165, 1.54) is 0 Å². The molecule has 0 saturated carbocycles. The second kappa shape index (κ2) is 7.81. The maximum atomic E-state index is 12.2. The van der Waals surface area contributed by atoms with Crippen LogP contribution >= 0.6 is 0 Å². The highest BCUT2D eigenvalue weighted by Gasteiger charge is 2.21. The Morgan fingerprint density at radius 1 is 1.25 bits per heavy atom. The zero-order valence-corrected chi connectivity index (χ0v) is 14.5. The summed E-state index contributed by atoms with van der Waals surface area (Å²) < 4.78 is 5.75. The van der Waals surface area contributed by atoms with Crippen LogP contribution in [-0.4, -0.2) is 54.2 Å². The van der Waals surface area contributed by atoms with Gasteiger partial charge in [-0.3, -0.25) is 9.69 Å². The summed E-state index contributed by atoms with van der Waals surface area (Å²) in [4.78, 5) is 17.8. The Kier molecular flexibility index (Phi) is 5.53. The monoisotopic (exact) mass is 329 g/mol. The first kappa shape index (κ1) is 17.0. The summed E-state index contributed by atoms with van der Waals surface area (Å²) in [7, 11) is 0. The molecule has 1 amide bonds. The summed E-state index contributed by atoms with van der Waals surface area (Å²) in [6.45, 7) is 8.07. The highest BCUT2D eigenvalue weighted by atomic mass is 16.5. The number of carbonyl (C=O) groups is 1. The predicted molar refractivity (Wildman–Crippen MR) is 96.3 cm³/mol. The van der Waals surface area contributed by atoms with Gasteiger partial charge < -0.3 is 15.0 Å². The van der Waals surface area contributed by atoms with Gasteiger partial charge in [-0.25, -0.2) is 0 Å². The van der Waals surface area contributed by atoms with Crippen molar-refractivity contribution in [2.24, 2.45) is 0 Å². The second-order valence-electron chi connectivity index (χ2n) is 6.76. The van der Waals surface area contributed by atoms with Gasteiger partial charge in [0.15, 0.2) is 0 Å². The number of aromatic nitrogens is 1. The summed E-state index contributed by atoms with van der Waals surface area (Å²) in [5.41, 5.74) is 1.78. The van der Waals surface area contributed by atoms with Gasteiger partial charge in [-0.1, -0.05) is 0 Å². The van der Waals surface area contributed by atoms with Gasteiger partial charge >= 0.3 is 0 Å². The summed E-state index contributed by atoms with van der Waals surface area (Å²) in [6, 6.07) is 7.73. The molecule has 1 fully saturated rings. The number of morpholine rings is 1. The molecule has 130 valence electrons. The number of hydrogen-bond donors (Lipinski definition) is 2. The number of fused-ring (bicyclic) bond motifs is 1. The van der Waals surface area contributed by atoms with Gasteiger partial charge in [0.05, 0.1) is 12.2 Å². The average molecular weight is 329 g/mol. The first-order chi connectivity index (χ1) is 11.6. The van der Waals surface area contributed by atoms with E-state index in [1.54, 1.807) is 0 Å². The zero-order valence-electron chi connectivity index (χ0n) is 14.5. The van der Waals surface area contributed by atoms with Crippen LogP contribution in [0.15, 0.2) is 30.5 Å². The first-order valence-electron chi connectivity index (χ1n) is 8.85. The SMILES string of the molecule is C[C@@H]1CN(CCCCNC(=O)c2ccc3[nH]ccc3c2)C[C@H](C)O1. The van der Waals surface area contributed by atoms with Crippen molar-refractivity contribution in [3.63, 3.8) is 0 Å². The van der Waals surface area contributed by atoms with Crippen LogP contribution < -0.4 is 5.32 Å². The number of unbranched alkanes of at least 4 members (excludes halogenated alkanes) is 1. The van der Waals surface area contributed by atoms with E-state index in [-0.39, 0.29) is 5.91 Å². The Hall–Kier alpha value is -1.85. The highest BCUT2D eigenvalue weighted by Crippen LogP contribution is 2.14. The molecule has 1 aliphatic heterocycles. The van der Waals surface area contributed by atoms with Crippen molar-refractivity contribution in [2.45, 2.75) is 38.9 Å². The lowest BCUT2D eigenvalue weighted by atomic mass is 10.1. The van der Waals surface area contributed by atoms with Gasteiger partial charge in [-0.2, -0.15) is 0 Å². The minimum absolute atomic E-state index is 0.00622. The van der Waals surface area contributed by atoms with Crippen molar-refractivity contribution in [3.8, 4) is 0 Å². The van der Waals surface area contributed by atoms with E-state index < -0.39 is 0 Å². The standard InChI is InChI=1S/C19H27N3O2/c1-14-12-22(13-15(2)24-14)10-4-3-8-21-19(23)17-5-6-18-16(11-17)7-9-20-18/h5-7,9,11,14-15,20H,3-4,8,10,12-13H2,1-2H3,(H,21,23)/t14-,15+. The molecule has 0 bridgehead atoms. The summed E-state index contributed by atoms with van der Waals surface area (Å²) >= 11 is 0. The number of benzene rings is 1. The van der Waals surface area contributed by atoms with Crippen LogP contribution in [0, 0.1) is 0 Å². The molecule has 3 rings (SSSR count). The minimum Gasteiger partial charge on any atom is -0.373 e. The predicted octanol–water partition coefficient (Wildman–Crippen LogP) is 2.79. The maximum absolute atomic E-state index is 12.2. The second-order valence-corrected chi connectivity index (χ2v) is 6.76.